The number of carbonyl (C=O) groups excluding carboxylic acids is 1. The second kappa shape index (κ2) is 8.94. The smallest absolute Gasteiger partial charge is 0.338 e. The largest absolute Gasteiger partial charge is 0.478 e. The summed E-state index contributed by atoms with van der Waals surface area (Å²) in [5.74, 6) is -1.88. The molecule has 134 valence electrons. The molecule has 1 amide bonds. The number of amides is 1. The fraction of sp³-hybridized carbons (Fsp3) is 0.273. The number of benzene rings is 1. The van der Waals surface area contributed by atoms with Crippen molar-refractivity contribution in [3.8, 4) is 0 Å². The molecule has 24 heavy (non-hydrogen) atoms. The second-order valence-electron chi connectivity index (χ2n) is 4.18. The standard InChI is InChI=1S/C11H10Br4N2O6S/c1-23-2-4(18)16-9-6(13)5(11(19)20)7(14)10(8(9)15)17-24(21,22)3-12/h17H,2-3H2,1H3,(H,16,18)(H,19,20). The molecule has 0 atom stereocenters. The summed E-state index contributed by atoms with van der Waals surface area (Å²) in [6, 6.07) is 0. The molecule has 3 N–H and O–H groups in total. The van der Waals surface area contributed by atoms with Crippen molar-refractivity contribution in [1.82, 2.24) is 0 Å². The number of carboxylic acids is 1. The number of alkyl halides is 1. The third-order valence-electron chi connectivity index (χ3n) is 2.47. The van der Waals surface area contributed by atoms with Crippen molar-refractivity contribution < 1.29 is 27.9 Å². The number of nitrogens with one attached hydrogen (secondary N) is 2. The lowest BCUT2D eigenvalue weighted by Crippen LogP contribution is -2.20. The lowest BCUT2D eigenvalue weighted by Gasteiger charge is -2.18. The highest BCUT2D eigenvalue weighted by molar-refractivity contribution is 9.12. The van der Waals surface area contributed by atoms with E-state index >= 15 is 0 Å². The molecule has 0 saturated carbocycles. The van der Waals surface area contributed by atoms with Gasteiger partial charge in [-0.3, -0.25) is 9.52 Å². The van der Waals surface area contributed by atoms with Crippen molar-refractivity contribution in [1.29, 1.82) is 0 Å². The molecule has 8 nitrogen and oxygen atoms in total. The number of ether oxygens (including phenoxy) is 1. The molecule has 0 unspecified atom stereocenters. The number of rotatable bonds is 7. The third kappa shape index (κ3) is 5.14. The highest BCUT2D eigenvalue weighted by atomic mass is 79.9. The second-order valence-corrected chi connectivity index (χ2v) is 9.58. The molecule has 1 aromatic carbocycles. The van der Waals surface area contributed by atoms with Gasteiger partial charge in [-0.25, -0.2) is 13.2 Å². The highest BCUT2D eigenvalue weighted by Gasteiger charge is 2.27. The van der Waals surface area contributed by atoms with Gasteiger partial charge in [-0.2, -0.15) is 0 Å². The first-order chi connectivity index (χ1) is 11.1. The zero-order chi connectivity index (χ0) is 18.7. The zero-order valence-electron chi connectivity index (χ0n) is 11.8. The number of methoxy groups -OCH3 is 1. The Morgan fingerprint density at radius 2 is 1.67 bits per heavy atom. The summed E-state index contributed by atoms with van der Waals surface area (Å²) in [4.78, 5) is 23.3. The van der Waals surface area contributed by atoms with E-state index in [1.165, 1.54) is 7.11 Å². The van der Waals surface area contributed by atoms with Crippen LogP contribution in [0.2, 0.25) is 0 Å². The van der Waals surface area contributed by atoms with Crippen LogP contribution < -0.4 is 10.0 Å². The highest BCUT2D eigenvalue weighted by Crippen LogP contribution is 2.45. The van der Waals surface area contributed by atoms with Gasteiger partial charge >= 0.3 is 5.97 Å². The Labute approximate surface area is 171 Å². The molecule has 0 aliphatic rings. The Kier molecular flexibility index (Phi) is 8.13. The first kappa shape index (κ1) is 21.8. The Morgan fingerprint density at radius 3 is 2.12 bits per heavy atom. The summed E-state index contributed by atoms with van der Waals surface area (Å²) in [7, 11) is -2.44. The molecular weight excluding hydrogens is 608 g/mol. The van der Waals surface area contributed by atoms with Crippen LogP contribution in [0.1, 0.15) is 10.4 Å². The van der Waals surface area contributed by atoms with E-state index in [1.54, 1.807) is 0 Å². The van der Waals surface area contributed by atoms with Crippen LogP contribution in [-0.2, 0) is 19.6 Å². The van der Waals surface area contributed by atoms with Crippen molar-refractivity contribution in [3.05, 3.63) is 19.0 Å². The summed E-state index contributed by atoms with van der Waals surface area (Å²) >= 11 is 12.2. The van der Waals surface area contributed by atoms with Crippen molar-refractivity contribution in [2.75, 3.05) is 28.4 Å². The van der Waals surface area contributed by atoms with E-state index in [4.69, 9.17) is 4.74 Å². The number of anilines is 2. The van der Waals surface area contributed by atoms with Gasteiger partial charge in [-0.15, -0.1) is 0 Å². The quantitative estimate of drug-likeness (QED) is 0.404. The molecule has 0 bridgehead atoms. The number of halogens is 4. The van der Waals surface area contributed by atoms with Gasteiger partial charge in [0.05, 0.1) is 30.4 Å². The molecule has 0 heterocycles. The van der Waals surface area contributed by atoms with Crippen LogP contribution >= 0.6 is 63.7 Å². The summed E-state index contributed by atoms with van der Waals surface area (Å²) < 4.78 is 30.3. The number of hydrogen-bond donors (Lipinski definition) is 3. The molecule has 1 aromatic rings. The van der Waals surface area contributed by atoms with Crippen molar-refractivity contribution in [2.45, 2.75) is 0 Å². The molecule has 0 aromatic heterocycles. The normalized spacial score (nSPS) is 11.2. The monoisotopic (exact) mass is 614 g/mol. The van der Waals surface area contributed by atoms with E-state index in [0.717, 1.165) is 0 Å². The molecule has 0 saturated heterocycles. The van der Waals surface area contributed by atoms with Crippen LogP contribution in [0, 0.1) is 0 Å². The molecule has 1 rings (SSSR count). The Morgan fingerprint density at radius 1 is 1.12 bits per heavy atom. The molecule has 0 radical (unpaired) electrons. The minimum absolute atomic E-state index is 0.0111. The van der Waals surface area contributed by atoms with Crippen molar-refractivity contribution in [2.24, 2.45) is 0 Å². The number of aromatic carboxylic acids is 1. The SMILES string of the molecule is COCC(=O)Nc1c(Br)c(NS(=O)(=O)CBr)c(Br)c(C(=O)O)c1Br. The molecule has 0 aliphatic heterocycles. The van der Waals surface area contributed by atoms with E-state index in [9.17, 15) is 23.1 Å². The summed E-state index contributed by atoms with van der Waals surface area (Å²) in [5.41, 5.74) is -0.286. The van der Waals surface area contributed by atoms with Crippen molar-refractivity contribution >= 4 is 97.0 Å². The van der Waals surface area contributed by atoms with E-state index in [2.05, 4.69) is 73.8 Å². The van der Waals surface area contributed by atoms with Crippen LogP contribution in [0.4, 0.5) is 11.4 Å². The predicted octanol–water partition coefficient (Wildman–Crippen LogP) is 3.35. The lowest BCUT2D eigenvalue weighted by atomic mass is 10.1. The first-order valence-corrected chi connectivity index (χ1v) is 11.0. The number of sulfonamides is 1. The van der Waals surface area contributed by atoms with Gasteiger partial charge in [-0.1, -0.05) is 15.9 Å². The van der Waals surface area contributed by atoms with Gasteiger partial charge in [0.15, 0.2) is 0 Å². The topological polar surface area (TPSA) is 122 Å². The summed E-state index contributed by atoms with van der Waals surface area (Å²) in [6.07, 6.45) is 0. The summed E-state index contributed by atoms with van der Waals surface area (Å²) in [5, 5.41) is 11.8. The van der Waals surface area contributed by atoms with Crippen LogP contribution in [-0.4, -0.2) is 43.8 Å². The van der Waals surface area contributed by atoms with Gasteiger partial charge in [0.1, 0.15) is 11.3 Å². The Bertz CT molecular complexity index is 783. The third-order valence-corrected chi connectivity index (χ3v) is 7.46. The average Bonchev–Trinajstić information content (AvgIpc) is 2.48. The molecule has 13 heteroatoms. The number of carbonyl (C=O) groups is 2. The minimum atomic E-state index is -3.77. The molecular formula is C11H10Br4N2O6S. The molecule has 0 fully saturated rings. The number of carboxylic acid groups (broad SMARTS) is 1. The lowest BCUT2D eigenvalue weighted by molar-refractivity contribution is -0.119. The fourth-order valence-corrected chi connectivity index (χ4v) is 5.44. The van der Waals surface area contributed by atoms with Gasteiger partial charge in [0.25, 0.3) is 0 Å². The fourth-order valence-electron chi connectivity index (χ4n) is 1.54. The van der Waals surface area contributed by atoms with Gasteiger partial charge < -0.3 is 15.2 Å². The summed E-state index contributed by atoms with van der Waals surface area (Å²) in [6.45, 7) is -0.264. The van der Waals surface area contributed by atoms with Crippen LogP contribution in [0.25, 0.3) is 0 Å². The molecule has 0 aliphatic carbocycles. The predicted molar refractivity (Wildman–Crippen MR) is 103 cm³/mol. The van der Waals surface area contributed by atoms with Gasteiger partial charge in [0, 0.05) is 7.11 Å². The van der Waals surface area contributed by atoms with Crippen molar-refractivity contribution in [3.63, 3.8) is 0 Å². The van der Waals surface area contributed by atoms with Crippen LogP contribution in [0.5, 0.6) is 0 Å². The van der Waals surface area contributed by atoms with Crippen LogP contribution in [0.3, 0.4) is 0 Å². The van der Waals surface area contributed by atoms with Crippen LogP contribution in [0.15, 0.2) is 13.4 Å². The minimum Gasteiger partial charge on any atom is -0.478 e. The first-order valence-electron chi connectivity index (χ1n) is 5.84. The van der Waals surface area contributed by atoms with Gasteiger partial charge in [0.2, 0.25) is 15.9 Å². The maximum Gasteiger partial charge on any atom is 0.338 e. The van der Waals surface area contributed by atoms with E-state index in [0.29, 0.717) is 0 Å². The number of hydrogen-bond acceptors (Lipinski definition) is 5. The zero-order valence-corrected chi connectivity index (χ0v) is 19.0. The Balaban J connectivity index is 3.62. The average molecular weight is 618 g/mol. The van der Waals surface area contributed by atoms with E-state index in [1.807, 2.05) is 0 Å². The molecule has 0 spiro atoms. The maximum atomic E-state index is 11.8. The van der Waals surface area contributed by atoms with E-state index in [-0.39, 0.29) is 37.0 Å². The van der Waals surface area contributed by atoms with E-state index < -0.39 is 26.6 Å². The van der Waals surface area contributed by atoms with Gasteiger partial charge in [-0.05, 0) is 47.8 Å². The Hall–Kier alpha value is -0.210. The maximum absolute atomic E-state index is 11.8.